The minimum absolute atomic E-state index is 0.172. The molecule has 0 radical (unpaired) electrons. The van der Waals surface area contributed by atoms with Crippen molar-refractivity contribution in [1.82, 2.24) is 39.0 Å². The van der Waals surface area contributed by atoms with Crippen LogP contribution in [0.25, 0.3) is 11.6 Å². The van der Waals surface area contributed by atoms with Crippen LogP contribution in [0.1, 0.15) is 160 Å². The van der Waals surface area contributed by atoms with Gasteiger partial charge in [0.2, 0.25) is 20.0 Å². The monoisotopic (exact) mass is 1060 g/mol. The number of aromatic nitrogens is 6. The second kappa shape index (κ2) is 26.4. The van der Waals surface area contributed by atoms with Gasteiger partial charge in [0.25, 0.3) is 0 Å². The predicted octanol–water partition coefficient (Wildman–Crippen LogP) is 13.0. The van der Waals surface area contributed by atoms with Gasteiger partial charge in [0.1, 0.15) is 6.33 Å². The van der Waals surface area contributed by atoms with E-state index in [1.54, 1.807) is 57.9 Å². The summed E-state index contributed by atoms with van der Waals surface area (Å²) in [5.41, 5.74) is 2.52. The van der Waals surface area contributed by atoms with Crippen LogP contribution in [0.5, 0.6) is 0 Å². The van der Waals surface area contributed by atoms with Crippen LogP contribution in [0.15, 0.2) is 91.2 Å². The lowest BCUT2D eigenvalue weighted by Gasteiger charge is -2.23. The molecule has 0 aliphatic carbocycles. The third-order valence-electron chi connectivity index (χ3n) is 13.3. The van der Waals surface area contributed by atoms with Crippen LogP contribution in [0.2, 0.25) is 0 Å². The fraction of sp³-hybridized carbons (Fsp3) is 0.593. The van der Waals surface area contributed by atoms with Crippen molar-refractivity contribution >= 4 is 54.4 Å². The number of rotatable bonds is 28. The van der Waals surface area contributed by atoms with E-state index < -0.39 is 30.9 Å². The molecule has 5 rings (SSSR count). The first-order valence-corrected chi connectivity index (χ1v) is 29.7. The number of nitrogens with one attached hydrogen (secondary N) is 2. The molecule has 0 bridgehead atoms. The summed E-state index contributed by atoms with van der Waals surface area (Å²) in [6.45, 7) is 32.5. The molecule has 2 aromatic carbocycles. The van der Waals surface area contributed by atoms with Gasteiger partial charge in [0, 0.05) is 56.2 Å². The van der Waals surface area contributed by atoms with Gasteiger partial charge in [0.05, 0.1) is 32.6 Å². The van der Waals surface area contributed by atoms with Gasteiger partial charge in [-0.2, -0.15) is 29.8 Å². The molecule has 18 nitrogen and oxygen atoms in total. The number of sulfonamides is 2. The van der Waals surface area contributed by atoms with Crippen molar-refractivity contribution in [1.29, 1.82) is 0 Å². The van der Waals surface area contributed by atoms with E-state index in [4.69, 9.17) is 30.4 Å². The maximum Gasteiger partial charge on any atom is 0.240 e. The first-order valence-electron chi connectivity index (χ1n) is 26.7. The van der Waals surface area contributed by atoms with Gasteiger partial charge in [0.15, 0.2) is 34.6 Å². The van der Waals surface area contributed by atoms with E-state index in [9.17, 15) is 16.8 Å². The highest BCUT2D eigenvalue weighted by Gasteiger charge is 2.33. The van der Waals surface area contributed by atoms with Crippen molar-refractivity contribution in [3.63, 3.8) is 0 Å². The zero-order chi connectivity index (χ0) is 54.4. The number of nitrogens with zero attached hydrogens (tertiary/aromatic N) is 12. The fourth-order valence-electron chi connectivity index (χ4n) is 8.61. The average Bonchev–Trinajstić information content (AvgIpc) is 3.96. The second-order valence-electron chi connectivity index (χ2n) is 20.9. The van der Waals surface area contributed by atoms with E-state index in [1.165, 1.54) is 6.33 Å². The Kier molecular flexibility index (Phi) is 21.2. The molecule has 0 amide bonds. The minimum atomic E-state index is -3.71. The molecule has 0 saturated heterocycles. The van der Waals surface area contributed by atoms with Crippen LogP contribution in [0, 0.1) is 11.8 Å². The third-order valence-corrected chi connectivity index (χ3v) is 16.2. The minimum Gasteiger partial charge on any atom is -0.355 e. The highest BCUT2D eigenvalue weighted by molar-refractivity contribution is 7.89. The van der Waals surface area contributed by atoms with E-state index in [-0.39, 0.29) is 21.6 Å². The summed E-state index contributed by atoms with van der Waals surface area (Å²) in [5, 5.41) is 29.5. The first kappa shape index (κ1) is 59.4. The molecule has 2 N–H and O–H groups in total. The molecule has 0 saturated carbocycles. The van der Waals surface area contributed by atoms with Gasteiger partial charge in [-0.25, -0.2) is 36.2 Å². The summed E-state index contributed by atoms with van der Waals surface area (Å²) in [6, 6.07) is 14.8. The Labute approximate surface area is 442 Å². The largest absolute Gasteiger partial charge is 0.355 e. The molecule has 0 spiro atoms. The number of benzene rings is 2. The number of unbranched alkanes of at least 4 members (excludes halogenated alkanes) is 2. The summed E-state index contributed by atoms with van der Waals surface area (Å²) in [7, 11) is -7.43. The Bertz CT molecular complexity index is 2670. The van der Waals surface area contributed by atoms with E-state index in [2.05, 4.69) is 126 Å². The Morgan fingerprint density at radius 3 is 1.19 bits per heavy atom. The highest BCUT2D eigenvalue weighted by Crippen LogP contribution is 2.43. The summed E-state index contributed by atoms with van der Waals surface area (Å²) >= 11 is 0. The lowest BCUT2D eigenvalue weighted by molar-refractivity contribution is 0.443. The fourth-order valence-corrected chi connectivity index (χ4v) is 10.8. The lowest BCUT2D eigenvalue weighted by Crippen LogP contribution is -2.29. The number of azo groups is 2. The van der Waals surface area contributed by atoms with Crippen LogP contribution in [-0.4, -0.2) is 85.6 Å². The molecule has 2 unspecified atom stereocenters. The maximum atomic E-state index is 13.3. The molecule has 0 aliphatic rings. The van der Waals surface area contributed by atoms with Crippen molar-refractivity contribution in [2.45, 2.75) is 169 Å². The normalized spacial score (nSPS) is 13.6. The van der Waals surface area contributed by atoms with Crippen LogP contribution in [0.3, 0.4) is 0 Å². The Balaban J connectivity index is 1.57. The van der Waals surface area contributed by atoms with Gasteiger partial charge < -0.3 is 9.80 Å². The smallest absolute Gasteiger partial charge is 0.240 e. The van der Waals surface area contributed by atoms with Crippen molar-refractivity contribution in [3.05, 3.63) is 72.3 Å². The molecular weight excluding hydrogens is 973 g/mol. The van der Waals surface area contributed by atoms with Crippen molar-refractivity contribution < 1.29 is 16.8 Å². The Morgan fingerprint density at radius 1 is 0.541 bits per heavy atom. The molecular formula is C54H84N14O4S2. The molecule has 3 heterocycles. The van der Waals surface area contributed by atoms with Crippen LogP contribution < -0.4 is 19.2 Å². The second-order valence-corrected chi connectivity index (χ2v) is 24.4. The summed E-state index contributed by atoms with van der Waals surface area (Å²) in [6.07, 6.45) is 9.57. The number of anilines is 2. The van der Waals surface area contributed by atoms with Gasteiger partial charge in [-0.15, -0.1) is 10.2 Å². The number of hydrogen-bond donors (Lipinski definition) is 2. The molecule has 5 aromatic rings. The average molecular weight is 1060 g/mol. The van der Waals surface area contributed by atoms with Crippen LogP contribution >= 0.6 is 0 Å². The molecule has 0 aliphatic heterocycles. The molecule has 74 heavy (non-hydrogen) atoms. The van der Waals surface area contributed by atoms with Crippen LogP contribution in [-0.2, 0) is 30.9 Å². The Hall–Kier alpha value is -5.44. The van der Waals surface area contributed by atoms with E-state index >= 15 is 0 Å². The highest BCUT2D eigenvalue weighted by atomic mass is 32.2. The van der Waals surface area contributed by atoms with Gasteiger partial charge in [-0.1, -0.05) is 108 Å². The zero-order valence-electron chi connectivity index (χ0n) is 46.6. The van der Waals surface area contributed by atoms with Crippen molar-refractivity contribution in [2.24, 2.45) is 32.3 Å². The quantitative estimate of drug-likeness (QED) is 0.0453. The van der Waals surface area contributed by atoms with E-state index in [1.807, 2.05) is 6.07 Å². The van der Waals surface area contributed by atoms with E-state index in [0.717, 1.165) is 51.4 Å². The number of hydrogen-bond acceptors (Lipinski definition) is 14. The lowest BCUT2D eigenvalue weighted by atomic mass is 9.91. The van der Waals surface area contributed by atoms with Gasteiger partial charge in [-0.05, 0) is 101 Å². The third kappa shape index (κ3) is 14.9. The molecule has 0 fully saturated rings. The molecule has 20 heteroatoms. The van der Waals surface area contributed by atoms with Crippen LogP contribution in [0.4, 0.5) is 34.4 Å². The Morgan fingerprint density at radius 2 is 0.892 bits per heavy atom. The topological polar surface area (TPSA) is 210 Å². The summed E-state index contributed by atoms with van der Waals surface area (Å²) in [5.74, 6) is 2.89. The standard InChI is InChI=1S/C54H84N14O4S2/c1-15-23-25-39(17-3)36-57-73(69,70)43-31-27-41(28-32-43)59-61-47-49(53(9,10)11)63-67(51(47)65(19-5)20-6)45-35-46(56-38-55-45)68-52(66(21-7)22-8)48(50(64-68)54(12,13)14)62-60-42-29-33-44(34-30-42)74(71,72)58-37-40(18-4)26-24-16-2/h27-35,38-40,57-58H,15-26,36-37H2,1-14H3/b61-59+,62-60+. The maximum absolute atomic E-state index is 13.3. The van der Waals surface area contributed by atoms with Crippen molar-refractivity contribution in [2.75, 3.05) is 49.1 Å². The zero-order valence-corrected chi connectivity index (χ0v) is 48.3. The predicted molar refractivity (Wildman–Crippen MR) is 299 cm³/mol. The SMILES string of the molecule is CCCCC(CC)CNS(=O)(=O)c1ccc(/N=N/c2c(C(C)(C)C)nn(-c3cc(-n4nc(C(C)(C)C)c(/N=N/c5ccc(S(=O)(=O)NCC(CC)CCCC)cc5)c4N(CC)CC)ncn3)c2N(CC)CC)cc1. The van der Waals surface area contributed by atoms with E-state index in [0.29, 0.717) is 96.7 Å². The van der Waals surface area contributed by atoms with Gasteiger partial charge >= 0.3 is 0 Å². The summed E-state index contributed by atoms with van der Waals surface area (Å²) in [4.78, 5) is 14.2. The van der Waals surface area contributed by atoms with Crippen molar-refractivity contribution in [3.8, 4) is 11.6 Å². The van der Waals surface area contributed by atoms with Gasteiger partial charge in [-0.3, -0.25) is 0 Å². The molecule has 2 atom stereocenters. The summed E-state index contributed by atoms with van der Waals surface area (Å²) < 4.78 is 62.4. The first-order chi connectivity index (χ1) is 35.1. The molecule has 406 valence electrons. The molecule has 3 aromatic heterocycles.